The molecule has 0 aromatic carbocycles. The second kappa shape index (κ2) is 8.63. The molecular formula is C16H27N3S. The lowest BCUT2D eigenvalue weighted by Gasteiger charge is -2.20. The molecule has 3 nitrogen and oxygen atoms in total. The summed E-state index contributed by atoms with van der Waals surface area (Å²) in [5.74, 6) is 2.62. The van der Waals surface area contributed by atoms with E-state index in [2.05, 4.69) is 29.1 Å². The van der Waals surface area contributed by atoms with Crippen LogP contribution in [0.2, 0.25) is 0 Å². The lowest BCUT2D eigenvalue weighted by molar-refractivity contribution is 0.516. The third-order valence-electron chi connectivity index (χ3n) is 3.64. The molecule has 1 heterocycles. The van der Waals surface area contributed by atoms with Crippen molar-refractivity contribution in [3.05, 3.63) is 23.8 Å². The van der Waals surface area contributed by atoms with Crippen molar-refractivity contribution < 1.29 is 0 Å². The monoisotopic (exact) mass is 293 g/mol. The Bertz CT molecular complexity index is 372. The van der Waals surface area contributed by atoms with E-state index in [0.717, 1.165) is 29.9 Å². The van der Waals surface area contributed by atoms with Gasteiger partial charge >= 0.3 is 0 Å². The second-order valence-corrected chi connectivity index (χ2v) is 7.39. The second-order valence-electron chi connectivity index (χ2n) is 6.10. The molecule has 1 aromatic rings. The lowest BCUT2D eigenvalue weighted by atomic mass is 10.0. The molecule has 0 atom stereocenters. The maximum Gasteiger partial charge on any atom is 0.138 e. The largest absolute Gasteiger partial charge is 0.312 e. The lowest BCUT2D eigenvalue weighted by Crippen LogP contribution is -2.19. The Morgan fingerprint density at radius 1 is 1.20 bits per heavy atom. The molecule has 0 amide bonds. The van der Waals surface area contributed by atoms with Crippen molar-refractivity contribution in [2.45, 2.75) is 63.5 Å². The van der Waals surface area contributed by atoms with Gasteiger partial charge in [-0.3, -0.25) is 0 Å². The summed E-state index contributed by atoms with van der Waals surface area (Å²) in [6.45, 7) is 6.34. The number of thioether (sulfide) groups is 1. The van der Waals surface area contributed by atoms with Crippen LogP contribution in [-0.4, -0.2) is 21.8 Å². The van der Waals surface area contributed by atoms with Gasteiger partial charge in [-0.1, -0.05) is 33.1 Å². The Hall–Kier alpha value is -0.610. The van der Waals surface area contributed by atoms with Gasteiger partial charge < -0.3 is 5.32 Å². The van der Waals surface area contributed by atoms with E-state index in [0.29, 0.717) is 5.92 Å². The van der Waals surface area contributed by atoms with Crippen LogP contribution < -0.4 is 5.32 Å². The molecule has 1 fully saturated rings. The third-order valence-corrected chi connectivity index (χ3v) is 5.01. The van der Waals surface area contributed by atoms with Crippen molar-refractivity contribution in [3.63, 3.8) is 0 Å². The molecule has 112 valence electrons. The average Bonchev–Trinajstić information content (AvgIpc) is 2.47. The van der Waals surface area contributed by atoms with E-state index < -0.39 is 0 Å². The highest BCUT2D eigenvalue weighted by atomic mass is 32.2. The van der Waals surface area contributed by atoms with E-state index in [1.165, 1.54) is 37.7 Å². The van der Waals surface area contributed by atoms with E-state index in [9.17, 15) is 0 Å². The molecule has 1 N–H and O–H groups in total. The summed E-state index contributed by atoms with van der Waals surface area (Å²) in [6, 6.07) is 0. The van der Waals surface area contributed by atoms with Crippen LogP contribution >= 0.6 is 11.8 Å². The first kappa shape index (κ1) is 15.8. The highest BCUT2D eigenvalue weighted by Gasteiger charge is 2.14. The first-order chi connectivity index (χ1) is 9.74. The fourth-order valence-electron chi connectivity index (χ4n) is 2.48. The van der Waals surface area contributed by atoms with Crippen LogP contribution in [0.15, 0.2) is 12.4 Å². The molecule has 20 heavy (non-hydrogen) atoms. The van der Waals surface area contributed by atoms with Gasteiger partial charge in [0.05, 0.1) is 5.75 Å². The van der Waals surface area contributed by atoms with Gasteiger partial charge in [0.25, 0.3) is 0 Å². The van der Waals surface area contributed by atoms with Crippen molar-refractivity contribution >= 4 is 11.8 Å². The van der Waals surface area contributed by atoms with Gasteiger partial charge in [0.1, 0.15) is 5.82 Å². The Morgan fingerprint density at radius 2 is 1.90 bits per heavy atom. The quantitative estimate of drug-likeness (QED) is 0.830. The number of nitrogens with one attached hydrogen (secondary N) is 1. The number of hydrogen-bond donors (Lipinski definition) is 1. The third kappa shape index (κ3) is 5.80. The standard InChI is InChI=1S/C16H27N3S/c1-13(2)8-17-9-14-10-18-16(19-11-14)12-20-15-6-4-3-5-7-15/h10-11,13,15,17H,3-9,12H2,1-2H3. The first-order valence-corrected chi connectivity index (χ1v) is 8.91. The molecule has 0 aliphatic heterocycles. The highest BCUT2D eigenvalue weighted by Crippen LogP contribution is 2.29. The number of nitrogens with zero attached hydrogens (tertiary/aromatic N) is 2. The Kier molecular flexibility index (Phi) is 6.80. The van der Waals surface area contributed by atoms with E-state index in [-0.39, 0.29) is 0 Å². The Balaban J connectivity index is 1.70. The minimum atomic E-state index is 0.682. The topological polar surface area (TPSA) is 37.8 Å². The van der Waals surface area contributed by atoms with Crippen molar-refractivity contribution in [3.8, 4) is 0 Å². The van der Waals surface area contributed by atoms with Gasteiger partial charge in [-0.05, 0) is 25.3 Å². The maximum absolute atomic E-state index is 4.49. The molecule has 4 heteroatoms. The van der Waals surface area contributed by atoms with Crippen molar-refractivity contribution in [2.75, 3.05) is 6.54 Å². The van der Waals surface area contributed by atoms with Crippen LogP contribution in [-0.2, 0) is 12.3 Å². The van der Waals surface area contributed by atoms with E-state index in [4.69, 9.17) is 0 Å². The fraction of sp³-hybridized carbons (Fsp3) is 0.750. The van der Waals surface area contributed by atoms with Crippen LogP contribution in [0.1, 0.15) is 57.3 Å². The summed E-state index contributed by atoms with van der Waals surface area (Å²) in [6.07, 6.45) is 10.9. The summed E-state index contributed by atoms with van der Waals surface area (Å²) in [5.41, 5.74) is 1.18. The normalized spacial score (nSPS) is 16.8. The van der Waals surface area contributed by atoms with E-state index >= 15 is 0 Å². The number of rotatable bonds is 7. The van der Waals surface area contributed by atoms with Crippen LogP contribution in [0.3, 0.4) is 0 Å². The van der Waals surface area contributed by atoms with Crippen molar-refractivity contribution in [1.82, 2.24) is 15.3 Å². The SMILES string of the molecule is CC(C)CNCc1cnc(CSC2CCCCC2)nc1. The van der Waals surface area contributed by atoms with Crippen LogP contribution in [0.4, 0.5) is 0 Å². The van der Waals surface area contributed by atoms with Crippen molar-refractivity contribution in [2.24, 2.45) is 5.92 Å². The Labute approximate surface area is 127 Å². The maximum atomic E-state index is 4.49. The molecule has 1 aliphatic rings. The molecule has 1 aliphatic carbocycles. The summed E-state index contributed by atoms with van der Waals surface area (Å²) in [7, 11) is 0. The molecule has 0 spiro atoms. The molecule has 0 radical (unpaired) electrons. The van der Waals surface area contributed by atoms with Crippen LogP contribution in [0, 0.1) is 5.92 Å². The van der Waals surface area contributed by atoms with Gasteiger partial charge in [-0.15, -0.1) is 0 Å². The Morgan fingerprint density at radius 3 is 2.55 bits per heavy atom. The molecular weight excluding hydrogens is 266 g/mol. The average molecular weight is 293 g/mol. The molecule has 1 aromatic heterocycles. The zero-order chi connectivity index (χ0) is 14.2. The molecule has 0 unspecified atom stereocenters. The van der Waals surface area contributed by atoms with Crippen LogP contribution in [0.25, 0.3) is 0 Å². The van der Waals surface area contributed by atoms with Gasteiger partial charge in [0, 0.05) is 29.8 Å². The highest BCUT2D eigenvalue weighted by molar-refractivity contribution is 7.99. The van der Waals surface area contributed by atoms with E-state index in [1.807, 2.05) is 24.2 Å². The first-order valence-electron chi connectivity index (χ1n) is 7.86. The van der Waals surface area contributed by atoms with Gasteiger partial charge in [-0.25, -0.2) is 9.97 Å². The predicted octanol–water partition coefficient (Wildman–Crippen LogP) is 3.79. The number of aromatic nitrogens is 2. The summed E-state index contributed by atoms with van der Waals surface area (Å²) >= 11 is 2.04. The molecule has 1 saturated carbocycles. The van der Waals surface area contributed by atoms with Crippen LogP contribution in [0.5, 0.6) is 0 Å². The number of hydrogen-bond acceptors (Lipinski definition) is 4. The summed E-state index contributed by atoms with van der Waals surface area (Å²) in [5, 5.41) is 4.25. The van der Waals surface area contributed by atoms with E-state index in [1.54, 1.807) is 0 Å². The summed E-state index contributed by atoms with van der Waals surface area (Å²) < 4.78 is 0. The molecule has 2 rings (SSSR count). The molecule has 0 saturated heterocycles. The fourth-order valence-corrected chi connectivity index (χ4v) is 3.68. The zero-order valence-electron chi connectivity index (χ0n) is 12.8. The predicted molar refractivity (Wildman–Crippen MR) is 86.7 cm³/mol. The summed E-state index contributed by atoms with van der Waals surface area (Å²) in [4.78, 5) is 8.98. The minimum absolute atomic E-state index is 0.682. The van der Waals surface area contributed by atoms with Gasteiger partial charge in [0.2, 0.25) is 0 Å². The smallest absolute Gasteiger partial charge is 0.138 e. The minimum Gasteiger partial charge on any atom is -0.312 e. The van der Waals surface area contributed by atoms with Gasteiger partial charge in [0.15, 0.2) is 0 Å². The zero-order valence-corrected chi connectivity index (χ0v) is 13.6. The van der Waals surface area contributed by atoms with Crippen molar-refractivity contribution in [1.29, 1.82) is 0 Å². The van der Waals surface area contributed by atoms with Gasteiger partial charge in [-0.2, -0.15) is 11.8 Å². The molecule has 0 bridgehead atoms.